The first-order valence-corrected chi connectivity index (χ1v) is 5.98. The molecule has 22 heavy (non-hydrogen) atoms. The summed E-state index contributed by atoms with van der Waals surface area (Å²) in [5, 5.41) is 16.6. The van der Waals surface area contributed by atoms with E-state index in [0.29, 0.717) is 16.7 Å². The Hall–Kier alpha value is -2.74. The van der Waals surface area contributed by atoms with Crippen LogP contribution in [0, 0.1) is 5.41 Å². The van der Waals surface area contributed by atoms with Crippen LogP contribution in [0.4, 0.5) is 0 Å². The molecule has 9 heteroatoms. The number of aromatic nitrogens is 1. The van der Waals surface area contributed by atoms with Crippen molar-refractivity contribution in [2.75, 3.05) is 13.7 Å². The summed E-state index contributed by atoms with van der Waals surface area (Å²) in [6.45, 7) is -0.477. The summed E-state index contributed by atoms with van der Waals surface area (Å²) >= 11 is 0. The molecule has 0 aliphatic carbocycles. The zero-order chi connectivity index (χ0) is 15.6. The van der Waals surface area contributed by atoms with Crippen LogP contribution in [0.15, 0.2) is 24.3 Å². The van der Waals surface area contributed by atoms with Gasteiger partial charge in [-0.3, -0.25) is 15.1 Å². The van der Waals surface area contributed by atoms with Crippen molar-refractivity contribution in [1.82, 2.24) is 9.88 Å². The molecular formula is C13H15ClN4O4. The van der Waals surface area contributed by atoms with Gasteiger partial charge in [-0.15, -0.1) is 12.4 Å². The Morgan fingerprint density at radius 2 is 2.14 bits per heavy atom. The summed E-state index contributed by atoms with van der Waals surface area (Å²) in [5.41, 5.74) is 6.01. The van der Waals surface area contributed by atoms with E-state index in [-0.39, 0.29) is 24.1 Å². The van der Waals surface area contributed by atoms with Gasteiger partial charge in [-0.2, -0.15) is 0 Å². The molecule has 1 aromatic heterocycles. The van der Waals surface area contributed by atoms with Gasteiger partial charge in [0.25, 0.3) is 5.91 Å². The molecule has 0 fully saturated rings. The van der Waals surface area contributed by atoms with E-state index in [4.69, 9.17) is 21.0 Å². The number of para-hydroxylation sites is 1. The minimum atomic E-state index is -1.09. The standard InChI is InChI=1S/C13H14N4O4.ClH/c1-17(13(14)15)12(20)8-5-7-3-2-4-9(11(7)16-8)21-6-10(18)19;/h2-5,16H,6H2,1H3,(H3,14,15)(H,18,19);1H. The van der Waals surface area contributed by atoms with Crippen LogP contribution in [0.1, 0.15) is 10.5 Å². The molecule has 0 aliphatic rings. The summed E-state index contributed by atoms with van der Waals surface area (Å²) < 4.78 is 5.16. The number of carbonyl (C=O) groups excluding carboxylic acids is 1. The normalized spacial score (nSPS) is 9.86. The van der Waals surface area contributed by atoms with Crippen molar-refractivity contribution in [3.8, 4) is 5.75 Å². The van der Waals surface area contributed by atoms with E-state index in [1.54, 1.807) is 24.3 Å². The number of amides is 1. The second-order valence-electron chi connectivity index (χ2n) is 4.34. The van der Waals surface area contributed by atoms with Crippen LogP contribution >= 0.6 is 12.4 Å². The van der Waals surface area contributed by atoms with E-state index in [2.05, 4.69) is 4.98 Å². The summed E-state index contributed by atoms with van der Waals surface area (Å²) in [6.07, 6.45) is 0. The Kier molecular flexibility index (Phi) is 5.36. The maximum atomic E-state index is 12.1. The molecule has 2 rings (SSSR count). The number of aliphatic carboxylic acids is 1. The number of carbonyl (C=O) groups is 2. The Bertz CT molecular complexity index is 728. The molecule has 5 N–H and O–H groups in total. The van der Waals surface area contributed by atoms with E-state index in [9.17, 15) is 9.59 Å². The van der Waals surface area contributed by atoms with Crippen molar-refractivity contribution in [3.63, 3.8) is 0 Å². The molecule has 0 unspecified atom stereocenters. The lowest BCUT2D eigenvalue weighted by molar-refractivity contribution is -0.139. The molecular weight excluding hydrogens is 312 g/mol. The number of ether oxygens (including phenoxy) is 1. The number of H-pyrrole nitrogens is 1. The van der Waals surface area contributed by atoms with Crippen molar-refractivity contribution in [3.05, 3.63) is 30.0 Å². The molecule has 0 aliphatic heterocycles. The van der Waals surface area contributed by atoms with Crippen LogP contribution in [0.5, 0.6) is 5.75 Å². The number of carboxylic acid groups (broad SMARTS) is 1. The molecule has 0 spiro atoms. The van der Waals surface area contributed by atoms with Crippen LogP contribution < -0.4 is 10.5 Å². The van der Waals surface area contributed by atoms with Gasteiger partial charge in [0, 0.05) is 12.4 Å². The fourth-order valence-corrected chi connectivity index (χ4v) is 1.79. The predicted molar refractivity (Wildman–Crippen MR) is 82.7 cm³/mol. The van der Waals surface area contributed by atoms with Crippen molar-refractivity contribution in [2.45, 2.75) is 0 Å². The SMILES string of the molecule is CN(C(=N)N)C(=O)c1cc2cccc(OCC(=O)O)c2[nH]1.Cl. The number of rotatable bonds is 4. The number of benzene rings is 1. The van der Waals surface area contributed by atoms with Crippen LogP contribution in [0.2, 0.25) is 0 Å². The van der Waals surface area contributed by atoms with Crippen LogP contribution in [0.3, 0.4) is 0 Å². The maximum absolute atomic E-state index is 12.1. The highest BCUT2D eigenvalue weighted by atomic mass is 35.5. The number of aromatic amines is 1. The molecule has 1 heterocycles. The smallest absolute Gasteiger partial charge is 0.341 e. The molecule has 0 bridgehead atoms. The van der Waals surface area contributed by atoms with Gasteiger partial charge in [0.15, 0.2) is 12.6 Å². The number of carboxylic acids is 1. The molecule has 0 radical (unpaired) electrons. The number of hydrogen-bond acceptors (Lipinski definition) is 4. The number of guanidine groups is 1. The van der Waals surface area contributed by atoms with Gasteiger partial charge in [0.2, 0.25) is 0 Å². The number of halogens is 1. The van der Waals surface area contributed by atoms with Crippen LogP contribution in [-0.2, 0) is 4.79 Å². The number of fused-ring (bicyclic) bond motifs is 1. The first kappa shape index (κ1) is 17.3. The zero-order valence-corrected chi connectivity index (χ0v) is 12.4. The van der Waals surface area contributed by atoms with Gasteiger partial charge in [-0.1, -0.05) is 12.1 Å². The van der Waals surface area contributed by atoms with Gasteiger partial charge in [0.1, 0.15) is 11.4 Å². The third-order valence-electron chi connectivity index (χ3n) is 2.87. The minimum absolute atomic E-state index is 0. The Labute approximate surface area is 131 Å². The summed E-state index contributed by atoms with van der Waals surface area (Å²) in [5.74, 6) is -1.60. The zero-order valence-electron chi connectivity index (χ0n) is 11.6. The second kappa shape index (κ2) is 6.81. The highest BCUT2D eigenvalue weighted by Crippen LogP contribution is 2.26. The molecule has 0 saturated heterocycles. The predicted octanol–water partition coefficient (Wildman–Crippen LogP) is 1.02. The maximum Gasteiger partial charge on any atom is 0.341 e. The third-order valence-corrected chi connectivity index (χ3v) is 2.87. The number of hydrogen-bond donors (Lipinski definition) is 4. The molecule has 1 amide bonds. The molecule has 118 valence electrons. The average molecular weight is 327 g/mol. The Balaban J connectivity index is 0.00000242. The molecule has 2 aromatic rings. The number of nitrogens with zero attached hydrogens (tertiary/aromatic N) is 1. The number of nitrogens with two attached hydrogens (primary N) is 1. The van der Waals surface area contributed by atoms with E-state index in [0.717, 1.165) is 4.90 Å². The lowest BCUT2D eigenvalue weighted by atomic mass is 10.2. The minimum Gasteiger partial charge on any atom is -0.480 e. The van der Waals surface area contributed by atoms with Crippen molar-refractivity contribution in [2.24, 2.45) is 5.73 Å². The number of nitrogens with one attached hydrogen (secondary N) is 2. The quantitative estimate of drug-likeness (QED) is 0.492. The van der Waals surface area contributed by atoms with Crippen LogP contribution in [0.25, 0.3) is 10.9 Å². The average Bonchev–Trinajstić information content (AvgIpc) is 2.87. The Morgan fingerprint density at radius 3 is 2.73 bits per heavy atom. The fourth-order valence-electron chi connectivity index (χ4n) is 1.79. The highest BCUT2D eigenvalue weighted by Gasteiger charge is 2.17. The molecule has 8 nitrogen and oxygen atoms in total. The first-order valence-electron chi connectivity index (χ1n) is 5.98. The van der Waals surface area contributed by atoms with Crippen molar-refractivity contribution < 1.29 is 19.4 Å². The van der Waals surface area contributed by atoms with Gasteiger partial charge >= 0.3 is 5.97 Å². The molecule has 0 atom stereocenters. The van der Waals surface area contributed by atoms with E-state index < -0.39 is 18.5 Å². The van der Waals surface area contributed by atoms with Gasteiger partial charge in [-0.25, -0.2) is 4.79 Å². The third kappa shape index (κ3) is 3.47. The van der Waals surface area contributed by atoms with Gasteiger partial charge in [-0.05, 0) is 12.1 Å². The summed E-state index contributed by atoms with van der Waals surface area (Å²) in [6, 6.07) is 6.63. The highest BCUT2D eigenvalue weighted by molar-refractivity contribution is 6.06. The largest absolute Gasteiger partial charge is 0.480 e. The van der Waals surface area contributed by atoms with Crippen LogP contribution in [-0.4, -0.2) is 46.5 Å². The fraction of sp³-hybridized carbons (Fsp3) is 0.154. The monoisotopic (exact) mass is 326 g/mol. The van der Waals surface area contributed by atoms with E-state index in [1.165, 1.54) is 7.05 Å². The molecule has 1 aromatic carbocycles. The van der Waals surface area contributed by atoms with Crippen molar-refractivity contribution >= 4 is 41.1 Å². The summed E-state index contributed by atoms with van der Waals surface area (Å²) in [4.78, 5) is 26.5. The van der Waals surface area contributed by atoms with Gasteiger partial charge < -0.3 is 20.6 Å². The Morgan fingerprint density at radius 1 is 1.45 bits per heavy atom. The van der Waals surface area contributed by atoms with E-state index in [1.807, 2.05) is 0 Å². The lowest BCUT2D eigenvalue weighted by Crippen LogP contribution is -2.38. The molecule has 0 saturated carbocycles. The van der Waals surface area contributed by atoms with Gasteiger partial charge in [0.05, 0.1) is 5.52 Å². The first-order chi connectivity index (χ1) is 9.90. The van der Waals surface area contributed by atoms with Crippen molar-refractivity contribution in [1.29, 1.82) is 5.41 Å². The van der Waals surface area contributed by atoms with E-state index >= 15 is 0 Å². The topological polar surface area (TPSA) is 133 Å². The summed E-state index contributed by atoms with van der Waals surface area (Å²) in [7, 11) is 1.39. The second-order valence-corrected chi connectivity index (χ2v) is 4.34. The lowest BCUT2D eigenvalue weighted by Gasteiger charge is -2.12.